The van der Waals surface area contributed by atoms with Crippen LogP contribution < -0.4 is 45.3 Å². The van der Waals surface area contributed by atoms with Gasteiger partial charge in [-0.15, -0.1) is 0 Å². The third-order valence-corrected chi connectivity index (χ3v) is 6.16. The van der Waals surface area contributed by atoms with Gasteiger partial charge in [0.2, 0.25) is 5.91 Å². The van der Waals surface area contributed by atoms with Crippen LogP contribution in [0.15, 0.2) is 65.1 Å². The Hall–Kier alpha value is -3.34. The van der Waals surface area contributed by atoms with Crippen molar-refractivity contribution in [3.05, 3.63) is 72.0 Å². The minimum atomic E-state index is -1.09. The molecule has 11 heteroatoms. The Morgan fingerprint density at radius 3 is 2.42 bits per heavy atom. The maximum absolute atomic E-state index is 13.2. The normalized spacial score (nSPS) is 11.2. The van der Waals surface area contributed by atoms with E-state index in [-0.39, 0.29) is 67.2 Å². The van der Waals surface area contributed by atoms with E-state index in [4.69, 9.17) is 9.15 Å². The van der Waals surface area contributed by atoms with Gasteiger partial charge in [-0.05, 0) is 49.8 Å². The van der Waals surface area contributed by atoms with Crippen molar-refractivity contribution in [3.8, 4) is 0 Å². The van der Waals surface area contributed by atoms with Crippen LogP contribution in [0, 0.1) is 0 Å². The molecule has 2 aromatic carbocycles. The number of fused-ring (bicyclic) bond motifs is 1. The zero-order chi connectivity index (χ0) is 28.0. The molecule has 0 saturated heterocycles. The van der Waals surface area contributed by atoms with Crippen molar-refractivity contribution in [2.24, 2.45) is 0 Å². The van der Waals surface area contributed by atoms with E-state index in [1.807, 2.05) is 42.5 Å². The first-order valence-electron chi connectivity index (χ1n) is 13.0. The van der Waals surface area contributed by atoms with Gasteiger partial charge in [-0.25, -0.2) is 4.79 Å². The quantitative estimate of drug-likeness (QED) is 0.197. The topological polar surface area (TPSA) is 141 Å². The molecule has 208 valence electrons. The molecule has 3 amide bonds. The number of amides is 3. The fourth-order valence-corrected chi connectivity index (χ4v) is 4.02. The van der Waals surface area contributed by atoms with Crippen LogP contribution in [-0.4, -0.2) is 55.0 Å². The van der Waals surface area contributed by atoms with E-state index in [0.29, 0.717) is 37.8 Å². The van der Waals surface area contributed by atoms with Crippen molar-refractivity contribution in [2.45, 2.75) is 51.2 Å². The zero-order valence-electron chi connectivity index (χ0n) is 23.0. The van der Waals surface area contributed by atoms with Crippen molar-refractivity contribution in [2.75, 3.05) is 20.1 Å². The van der Waals surface area contributed by atoms with E-state index in [1.165, 1.54) is 4.90 Å². The molecule has 0 aliphatic rings. The predicted octanol–water partition coefficient (Wildman–Crippen LogP) is 0.0105. The number of aliphatic carboxylic acids is 1. The van der Waals surface area contributed by atoms with Gasteiger partial charge in [-0.1, -0.05) is 55.0 Å². The number of nitrogens with one attached hydrogen (secondary N) is 2. The monoisotopic (exact) mass is 559 g/mol. The fraction of sp³-hybridized carbons (Fsp3) is 0.379. The van der Waals surface area contributed by atoms with Crippen molar-refractivity contribution in [3.63, 3.8) is 0 Å². The minimum Gasteiger partial charge on any atom is -0.550 e. The van der Waals surface area contributed by atoms with Gasteiger partial charge < -0.3 is 34.6 Å². The summed E-state index contributed by atoms with van der Waals surface area (Å²) in [5.74, 6) is -1.79. The summed E-state index contributed by atoms with van der Waals surface area (Å²) in [5.41, 5.74) is 1.44. The number of carboxylic acid groups (broad SMARTS) is 1. The fourth-order valence-electron chi connectivity index (χ4n) is 4.02. The maximum atomic E-state index is 13.2. The van der Waals surface area contributed by atoms with Crippen LogP contribution in [0.5, 0.6) is 0 Å². The number of hydrogen-bond acceptors (Lipinski definition) is 7. The second-order valence-electron chi connectivity index (χ2n) is 9.25. The Kier molecular flexibility index (Phi) is 14.3. The molecule has 0 radical (unpaired) electrons. The number of alkyl carbamates (subject to hydrolysis) is 1. The molecule has 0 unspecified atom stereocenters. The molecule has 1 atom stereocenters. The van der Waals surface area contributed by atoms with Gasteiger partial charge in [0, 0.05) is 31.5 Å². The molecule has 40 heavy (non-hydrogen) atoms. The number of para-hydroxylation sites is 1. The average molecular weight is 560 g/mol. The SMILES string of the molecule is CN(CCCCCC(=O)[O-])C(=O)[C@H](CCCNC(=O)OCc1ccccc1)NC(=O)c1cc2ccccc2o1.[Na+]. The summed E-state index contributed by atoms with van der Waals surface area (Å²) in [6.45, 7) is 0.812. The first kappa shape index (κ1) is 32.9. The van der Waals surface area contributed by atoms with Gasteiger partial charge in [0.15, 0.2) is 5.76 Å². The Morgan fingerprint density at radius 1 is 0.975 bits per heavy atom. The van der Waals surface area contributed by atoms with E-state index in [9.17, 15) is 24.3 Å². The molecule has 3 rings (SSSR count). The first-order valence-corrected chi connectivity index (χ1v) is 13.0. The molecule has 0 fully saturated rings. The Morgan fingerprint density at radius 2 is 1.70 bits per heavy atom. The van der Waals surface area contributed by atoms with Gasteiger partial charge in [0.1, 0.15) is 18.2 Å². The van der Waals surface area contributed by atoms with Crippen LogP contribution in [0.25, 0.3) is 11.0 Å². The van der Waals surface area contributed by atoms with Crippen LogP contribution in [0.2, 0.25) is 0 Å². The van der Waals surface area contributed by atoms with Crippen LogP contribution >= 0.6 is 0 Å². The smallest absolute Gasteiger partial charge is 0.550 e. The summed E-state index contributed by atoms with van der Waals surface area (Å²) in [6.07, 6.45) is 1.83. The van der Waals surface area contributed by atoms with E-state index in [2.05, 4.69) is 10.6 Å². The Labute approximate surface area is 255 Å². The second-order valence-corrected chi connectivity index (χ2v) is 9.25. The summed E-state index contributed by atoms with van der Waals surface area (Å²) < 4.78 is 10.8. The molecule has 1 heterocycles. The van der Waals surface area contributed by atoms with E-state index < -0.39 is 24.0 Å². The predicted molar refractivity (Wildman–Crippen MR) is 142 cm³/mol. The number of benzene rings is 2. The van der Waals surface area contributed by atoms with Crippen LogP contribution in [0.4, 0.5) is 4.79 Å². The third-order valence-electron chi connectivity index (χ3n) is 6.16. The summed E-state index contributed by atoms with van der Waals surface area (Å²) in [5, 5.41) is 16.8. The average Bonchev–Trinajstić information content (AvgIpc) is 3.38. The number of furan rings is 1. The molecule has 3 aromatic rings. The number of unbranched alkanes of at least 4 members (excludes halogenated alkanes) is 2. The molecule has 10 nitrogen and oxygen atoms in total. The molecule has 0 spiro atoms. The Balaban J connectivity index is 0.00000560. The second kappa shape index (κ2) is 17.4. The van der Waals surface area contributed by atoms with Crippen LogP contribution in [0.1, 0.15) is 54.6 Å². The molecule has 2 N–H and O–H groups in total. The molecular weight excluding hydrogens is 525 g/mol. The number of carbonyl (C=O) groups is 4. The van der Waals surface area contributed by atoms with Crippen molar-refractivity contribution in [1.82, 2.24) is 15.5 Å². The zero-order valence-corrected chi connectivity index (χ0v) is 25.0. The Bertz CT molecular complexity index is 1220. The first-order chi connectivity index (χ1) is 18.8. The maximum Gasteiger partial charge on any atom is 1.00 e. The largest absolute Gasteiger partial charge is 1.00 e. The number of nitrogens with zero attached hydrogens (tertiary/aromatic N) is 1. The number of ether oxygens (including phenoxy) is 1. The number of rotatable bonds is 15. The molecule has 0 bridgehead atoms. The number of hydrogen-bond donors (Lipinski definition) is 2. The molecular formula is C29H34N3NaO7. The summed E-state index contributed by atoms with van der Waals surface area (Å²) in [7, 11) is 1.64. The molecule has 0 aliphatic heterocycles. The van der Waals surface area contributed by atoms with Crippen molar-refractivity contribution >= 4 is 34.8 Å². The van der Waals surface area contributed by atoms with Crippen molar-refractivity contribution < 1.29 is 63.0 Å². The number of likely N-dealkylation sites (N-methyl/N-ethyl adjacent to an activating group) is 1. The summed E-state index contributed by atoms with van der Waals surface area (Å²) in [4.78, 5) is 50.3. The van der Waals surface area contributed by atoms with Crippen molar-refractivity contribution in [1.29, 1.82) is 0 Å². The number of carbonyl (C=O) groups excluding carboxylic acids is 4. The molecule has 0 saturated carbocycles. The molecule has 1 aromatic heterocycles. The van der Waals surface area contributed by atoms with Gasteiger partial charge in [0.05, 0.1) is 0 Å². The molecule has 0 aliphatic carbocycles. The summed E-state index contributed by atoms with van der Waals surface area (Å²) >= 11 is 0. The summed E-state index contributed by atoms with van der Waals surface area (Å²) in [6, 6.07) is 17.3. The van der Waals surface area contributed by atoms with Crippen LogP contribution in [0.3, 0.4) is 0 Å². The number of carboxylic acids is 1. The van der Waals surface area contributed by atoms with E-state index >= 15 is 0 Å². The van der Waals surface area contributed by atoms with Gasteiger partial charge in [-0.2, -0.15) is 0 Å². The van der Waals surface area contributed by atoms with E-state index in [1.54, 1.807) is 25.2 Å². The minimum absolute atomic E-state index is 0. The third kappa shape index (κ3) is 11.0. The van der Waals surface area contributed by atoms with Crippen LogP contribution in [-0.2, 0) is 20.9 Å². The van der Waals surface area contributed by atoms with Gasteiger partial charge in [-0.3, -0.25) is 9.59 Å². The standard InChI is InChI=1S/C29H35N3O7.Na/c1-32(18-9-3-6-16-26(33)34)28(36)23(31-27(35)25-19-22-13-7-8-15-24(22)39-25)14-10-17-30-29(37)38-20-21-11-4-2-5-12-21;/h2,4-5,7-8,11-13,15,19,23H,3,6,9-10,14,16-18,20H2,1H3,(H,30,37)(H,31,35)(H,33,34);/q;+1/p-1/t23-;/m0./s1. The van der Waals surface area contributed by atoms with Gasteiger partial charge >= 0.3 is 35.7 Å². The van der Waals surface area contributed by atoms with Gasteiger partial charge in [0.25, 0.3) is 5.91 Å². The van der Waals surface area contributed by atoms with E-state index in [0.717, 1.165) is 10.9 Å².